The molecule has 18 heavy (non-hydrogen) atoms. The minimum Gasteiger partial charge on any atom is -0.378 e. The number of aromatic nitrogens is 1. The number of ether oxygens (including phenoxy) is 1. The van der Waals surface area contributed by atoms with Gasteiger partial charge in [-0.1, -0.05) is 0 Å². The van der Waals surface area contributed by atoms with Crippen LogP contribution in [0.3, 0.4) is 0 Å². The second kappa shape index (κ2) is 4.54. The highest BCUT2D eigenvalue weighted by atomic mass is 16.5. The van der Waals surface area contributed by atoms with E-state index >= 15 is 0 Å². The van der Waals surface area contributed by atoms with Gasteiger partial charge in [0.1, 0.15) is 0 Å². The van der Waals surface area contributed by atoms with Crippen LogP contribution in [0.2, 0.25) is 0 Å². The maximum absolute atomic E-state index is 12.0. The molecule has 1 fully saturated rings. The number of hydrogen-bond acceptors (Lipinski definition) is 2. The summed E-state index contributed by atoms with van der Waals surface area (Å²) < 4.78 is 8.05. The first-order valence-corrected chi connectivity index (χ1v) is 7.02. The van der Waals surface area contributed by atoms with Gasteiger partial charge in [0, 0.05) is 36.0 Å². The van der Waals surface area contributed by atoms with Crippen molar-refractivity contribution in [2.45, 2.75) is 58.1 Å². The van der Waals surface area contributed by atoms with Crippen LogP contribution < -0.4 is 0 Å². The fourth-order valence-corrected chi connectivity index (χ4v) is 3.47. The van der Waals surface area contributed by atoms with Crippen molar-refractivity contribution < 1.29 is 9.53 Å². The van der Waals surface area contributed by atoms with E-state index in [1.807, 2.05) is 0 Å². The minimum atomic E-state index is 0.332. The van der Waals surface area contributed by atoms with Gasteiger partial charge in [0.15, 0.2) is 5.78 Å². The molecule has 2 atom stereocenters. The van der Waals surface area contributed by atoms with Gasteiger partial charge in [-0.15, -0.1) is 0 Å². The smallest absolute Gasteiger partial charge is 0.164 e. The molecule has 3 heteroatoms. The first-order valence-electron chi connectivity index (χ1n) is 7.02. The van der Waals surface area contributed by atoms with Crippen molar-refractivity contribution in [3.8, 4) is 0 Å². The molecule has 2 unspecified atom stereocenters. The van der Waals surface area contributed by atoms with E-state index in [2.05, 4.69) is 24.5 Å². The highest BCUT2D eigenvalue weighted by Crippen LogP contribution is 2.33. The summed E-state index contributed by atoms with van der Waals surface area (Å²) in [6.07, 6.45) is 5.26. The lowest BCUT2D eigenvalue weighted by atomic mass is 9.95. The summed E-state index contributed by atoms with van der Waals surface area (Å²) >= 11 is 0. The van der Waals surface area contributed by atoms with E-state index in [0.717, 1.165) is 44.3 Å². The van der Waals surface area contributed by atoms with Gasteiger partial charge in [-0.3, -0.25) is 4.79 Å². The predicted molar refractivity (Wildman–Crippen MR) is 70.1 cm³/mol. The van der Waals surface area contributed by atoms with Gasteiger partial charge in [0.05, 0.1) is 6.10 Å². The Hall–Kier alpha value is -1.09. The van der Waals surface area contributed by atoms with Gasteiger partial charge in [0.25, 0.3) is 0 Å². The molecule has 98 valence electrons. The molecule has 0 aromatic carbocycles. The Bertz CT molecular complexity index is 475. The number of ketones is 1. The minimum absolute atomic E-state index is 0.332. The first kappa shape index (κ1) is 12.0. The summed E-state index contributed by atoms with van der Waals surface area (Å²) in [5.74, 6) is 0.332. The average molecular weight is 247 g/mol. The zero-order chi connectivity index (χ0) is 12.7. The van der Waals surface area contributed by atoms with Crippen LogP contribution in [0.25, 0.3) is 0 Å². The van der Waals surface area contributed by atoms with Crippen molar-refractivity contribution in [2.24, 2.45) is 0 Å². The molecule has 2 aliphatic rings. The molecule has 1 aliphatic heterocycles. The van der Waals surface area contributed by atoms with Crippen LogP contribution >= 0.6 is 0 Å². The molecule has 0 radical (unpaired) electrons. The Balaban J connectivity index is 1.98. The number of nitrogens with zero attached hydrogens (tertiary/aromatic N) is 1. The zero-order valence-corrected chi connectivity index (χ0v) is 11.2. The Morgan fingerprint density at radius 3 is 3.00 bits per heavy atom. The normalized spacial score (nSPS) is 28.2. The van der Waals surface area contributed by atoms with Crippen molar-refractivity contribution >= 4 is 5.78 Å². The largest absolute Gasteiger partial charge is 0.378 e. The van der Waals surface area contributed by atoms with E-state index < -0.39 is 0 Å². The molecule has 0 saturated carbocycles. The Morgan fingerprint density at radius 1 is 1.39 bits per heavy atom. The lowest BCUT2D eigenvalue weighted by molar-refractivity contribution is 0.00516. The number of rotatable bonds is 1. The van der Waals surface area contributed by atoms with Crippen LogP contribution in [0, 0.1) is 6.92 Å². The topological polar surface area (TPSA) is 31.2 Å². The van der Waals surface area contributed by atoms with E-state index in [1.165, 1.54) is 11.4 Å². The van der Waals surface area contributed by atoms with Crippen LogP contribution in [-0.4, -0.2) is 23.1 Å². The second-order valence-corrected chi connectivity index (χ2v) is 5.65. The summed E-state index contributed by atoms with van der Waals surface area (Å²) in [5, 5.41) is 0. The molecule has 1 saturated heterocycles. The van der Waals surface area contributed by atoms with Crippen LogP contribution in [0.15, 0.2) is 6.07 Å². The van der Waals surface area contributed by atoms with Crippen molar-refractivity contribution in [3.63, 3.8) is 0 Å². The fraction of sp³-hybridized carbons (Fsp3) is 0.667. The number of carbonyl (C=O) groups excluding carboxylic acids is 1. The third-order valence-corrected chi connectivity index (χ3v) is 4.28. The van der Waals surface area contributed by atoms with Crippen molar-refractivity contribution in [1.82, 2.24) is 4.57 Å². The Labute approximate surface area is 108 Å². The Kier molecular flexibility index (Phi) is 3.02. The first-order chi connectivity index (χ1) is 8.66. The number of aryl methyl sites for hydroxylation is 1. The van der Waals surface area contributed by atoms with Crippen LogP contribution in [-0.2, 0) is 11.2 Å². The summed E-state index contributed by atoms with van der Waals surface area (Å²) in [4.78, 5) is 12.0. The maximum Gasteiger partial charge on any atom is 0.164 e. The highest BCUT2D eigenvalue weighted by Gasteiger charge is 2.28. The molecule has 1 aliphatic carbocycles. The predicted octanol–water partition coefficient (Wildman–Crippen LogP) is 3.06. The SMILES string of the molecule is Cc1cc2c(n1C1CCOC(C)C1)CCCC2=O. The van der Waals surface area contributed by atoms with Gasteiger partial charge in [-0.25, -0.2) is 0 Å². The molecule has 1 aromatic heterocycles. The zero-order valence-electron chi connectivity index (χ0n) is 11.2. The molecule has 0 amide bonds. The lowest BCUT2D eigenvalue weighted by Crippen LogP contribution is -2.27. The van der Waals surface area contributed by atoms with Crippen LogP contribution in [0.1, 0.15) is 60.4 Å². The summed E-state index contributed by atoms with van der Waals surface area (Å²) in [6.45, 7) is 5.11. The summed E-state index contributed by atoms with van der Waals surface area (Å²) in [7, 11) is 0. The molecule has 0 N–H and O–H groups in total. The van der Waals surface area contributed by atoms with E-state index in [0.29, 0.717) is 17.9 Å². The maximum atomic E-state index is 12.0. The molecule has 0 spiro atoms. The monoisotopic (exact) mass is 247 g/mol. The molecule has 3 nitrogen and oxygen atoms in total. The van der Waals surface area contributed by atoms with Gasteiger partial charge in [-0.05, 0) is 45.6 Å². The number of fused-ring (bicyclic) bond motifs is 1. The number of carbonyl (C=O) groups is 1. The van der Waals surface area contributed by atoms with Gasteiger partial charge in [0.2, 0.25) is 0 Å². The standard InChI is InChI=1S/C15H21NO2/c1-10-8-13-14(4-3-5-15(13)17)16(10)12-6-7-18-11(2)9-12/h8,11-12H,3-7,9H2,1-2H3. The second-order valence-electron chi connectivity index (χ2n) is 5.65. The molecule has 0 bridgehead atoms. The van der Waals surface area contributed by atoms with Gasteiger partial charge < -0.3 is 9.30 Å². The van der Waals surface area contributed by atoms with Crippen molar-refractivity contribution in [3.05, 3.63) is 23.0 Å². The van der Waals surface area contributed by atoms with Crippen molar-refractivity contribution in [2.75, 3.05) is 6.61 Å². The highest BCUT2D eigenvalue weighted by molar-refractivity contribution is 5.98. The fourth-order valence-electron chi connectivity index (χ4n) is 3.47. The molecule has 3 rings (SSSR count). The molecule has 1 aromatic rings. The molecular formula is C15H21NO2. The average Bonchev–Trinajstić information content (AvgIpc) is 2.67. The third kappa shape index (κ3) is 1.91. The van der Waals surface area contributed by atoms with E-state index in [-0.39, 0.29) is 0 Å². The third-order valence-electron chi connectivity index (χ3n) is 4.28. The van der Waals surface area contributed by atoms with Crippen molar-refractivity contribution in [1.29, 1.82) is 0 Å². The number of Topliss-reactive ketones (excluding diaryl/α,β-unsaturated/α-hetero) is 1. The number of hydrogen-bond donors (Lipinski definition) is 0. The van der Waals surface area contributed by atoms with E-state index in [1.54, 1.807) is 0 Å². The van der Waals surface area contributed by atoms with Gasteiger partial charge in [-0.2, -0.15) is 0 Å². The summed E-state index contributed by atoms with van der Waals surface area (Å²) in [5.41, 5.74) is 3.51. The Morgan fingerprint density at radius 2 is 2.22 bits per heavy atom. The molecule has 2 heterocycles. The lowest BCUT2D eigenvalue weighted by Gasteiger charge is -2.31. The molecular weight excluding hydrogens is 226 g/mol. The van der Waals surface area contributed by atoms with E-state index in [9.17, 15) is 4.79 Å². The quantitative estimate of drug-likeness (QED) is 0.763. The van der Waals surface area contributed by atoms with Gasteiger partial charge >= 0.3 is 0 Å². The van der Waals surface area contributed by atoms with Crippen LogP contribution in [0.5, 0.6) is 0 Å². The summed E-state index contributed by atoms with van der Waals surface area (Å²) in [6, 6.07) is 2.61. The van der Waals surface area contributed by atoms with Crippen LogP contribution in [0.4, 0.5) is 0 Å². The van der Waals surface area contributed by atoms with E-state index in [4.69, 9.17) is 4.74 Å².